The van der Waals surface area contributed by atoms with E-state index in [1.165, 1.54) is 0 Å². The Balaban J connectivity index is 2.00. The lowest BCUT2D eigenvalue weighted by atomic mass is 10.3. The van der Waals surface area contributed by atoms with Crippen molar-refractivity contribution >= 4 is 5.78 Å². The number of halogens is 3. The molecular formula is C9H9F3N2O2. The summed E-state index contributed by atoms with van der Waals surface area (Å²) in [7, 11) is 0. The van der Waals surface area contributed by atoms with Crippen molar-refractivity contribution in [3.05, 3.63) is 11.7 Å². The van der Waals surface area contributed by atoms with Crippen molar-refractivity contribution in [2.24, 2.45) is 5.92 Å². The van der Waals surface area contributed by atoms with Crippen LogP contribution in [0.25, 0.3) is 0 Å². The van der Waals surface area contributed by atoms with Gasteiger partial charge in [-0.3, -0.25) is 4.79 Å². The van der Waals surface area contributed by atoms with E-state index in [9.17, 15) is 18.0 Å². The maximum absolute atomic E-state index is 11.9. The van der Waals surface area contributed by atoms with Crippen LogP contribution in [0.3, 0.4) is 0 Å². The second kappa shape index (κ2) is 3.57. The fraction of sp³-hybridized carbons (Fsp3) is 0.667. The summed E-state index contributed by atoms with van der Waals surface area (Å²) in [4.78, 5) is 14.4. The van der Waals surface area contributed by atoms with Crippen LogP contribution < -0.4 is 0 Å². The topological polar surface area (TPSA) is 56.0 Å². The molecule has 1 aliphatic rings. The van der Waals surface area contributed by atoms with Crippen LogP contribution in [0, 0.1) is 5.92 Å². The second-order valence-corrected chi connectivity index (χ2v) is 3.96. The molecule has 16 heavy (non-hydrogen) atoms. The number of Topliss-reactive ketones (excluding diaryl/α,β-unsaturated/α-hetero) is 1. The Morgan fingerprint density at radius 2 is 2.19 bits per heavy atom. The van der Waals surface area contributed by atoms with Crippen molar-refractivity contribution in [2.75, 3.05) is 0 Å². The van der Waals surface area contributed by atoms with E-state index in [4.69, 9.17) is 0 Å². The van der Waals surface area contributed by atoms with Crippen LogP contribution in [0.2, 0.25) is 0 Å². The molecule has 0 radical (unpaired) electrons. The number of carbonyl (C=O) groups is 1. The number of ketones is 1. The number of alkyl halides is 3. The molecule has 0 bridgehead atoms. The summed E-state index contributed by atoms with van der Waals surface area (Å²) in [5.41, 5.74) is 0. The van der Waals surface area contributed by atoms with Gasteiger partial charge in [0.05, 0.1) is 6.42 Å². The molecule has 1 aliphatic carbocycles. The van der Waals surface area contributed by atoms with Gasteiger partial charge in [-0.2, -0.15) is 18.2 Å². The first-order chi connectivity index (χ1) is 7.38. The summed E-state index contributed by atoms with van der Waals surface area (Å²) in [6.45, 7) is 1.99. The zero-order valence-electron chi connectivity index (χ0n) is 8.41. The lowest BCUT2D eigenvalue weighted by molar-refractivity contribution is -0.170. The monoisotopic (exact) mass is 234 g/mol. The van der Waals surface area contributed by atoms with Crippen molar-refractivity contribution in [3.8, 4) is 0 Å². The molecule has 1 aromatic heterocycles. The number of aromatic nitrogens is 2. The van der Waals surface area contributed by atoms with Crippen molar-refractivity contribution in [1.29, 1.82) is 0 Å². The van der Waals surface area contributed by atoms with Gasteiger partial charge in [0, 0.05) is 5.92 Å². The van der Waals surface area contributed by atoms with Gasteiger partial charge in [0.25, 0.3) is 0 Å². The Bertz CT molecular complexity index is 413. The molecular weight excluding hydrogens is 225 g/mol. The van der Waals surface area contributed by atoms with E-state index in [1.807, 2.05) is 6.92 Å². The van der Waals surface area contributed by atoms with Gasteiger partial charge >= 0.3 is 6.18 Å². The van der Waals surface area contributed by atoms with Crippen LogP contribution in [-0.4, -0.2) is 22.1 Å². The highest BCUT2D eigenvalue weighted by Crippen LogP contribution is 2.45. The average Bonchev–Trinajstić information content (AvgIpc) is 2.72. The summed E-state index contributed by atoms with van der Waals surface area (Å²) in [6, 6.07) is 0. The Labute approximate surface area is 88.8 Å². The van der Waals surface area contributed by atoms with Crippen molar-refractivity contribution < 1.29 is 22.5 Å². The molecule has 0 aliphatic heterocycles. The van der Waals surface area contributed by atoms with E-state index in [0.717, 1.165) is 6.42 Å². The predicted molar refractivity (Wildman–Crippen MR) is 45.6 cm³/mol. The van der Waals surface area contributed by atoms with Gasteiger partial charge in [0.15, 0.2) is 5.82 Å². The standard InChI is InChI=1S/C9H9F3N2O2/c1-4-2-5(4)8-13-7(16-14-8)3-6(15)9(10,11)12/h4-5H,2-3H2,1H3. The molecule has 0 N–H and O–H groups in total. The van der Waals surface area contributed by atoms with Gasteiger partial charge in [-0.15, -0.1) is 0 Å². The average molecular weight is 234 g/mol. The van der Waals surface area contributed by atoms with Gasteiger partial charge in [-0.25, -0.2) is 0 Å². The van der Waals surface area contributed by atoms with Crippen LogP contribution in [0.15, 0.2) is 4.52 Å². The fourth-order valence-corrected chi connectivity index (χ4v) is 1.41. The first-order valence-electron chi connectivity index (χ1n) is 4.80. The van der Waals surface area contributed by atoms with Gasteiger partial charge < -0.3 is 4.52 Å². The van der Waals surface area contributed by atoms with Gasteiger partial charge in [-0.05, 0) is 12.3 Å². The molecule has 0 amide bonds. The molecule has 2 rings (SSSR count). The van der Waals surface area contributed by atoms with Gasteiger partial charge in [0.1, 0.15) is 0 Å². The number of nitrogens with zero attached hydrogens (tertiary/aromatic N) is 2. The minimum atomic E-state index is -4.85. The summed E-state index contributed by atoms with van der Waals surface area (Å²) in [6.07, 6.45) is -4.81. The maximum atomic E-state index is 11.9. The number of rotatable bonds is 3. The van der Waals surface area contributed by atoms with E-state index in [1.54, 1.807) is 0 Å². The lowest BCUT2D eigenvalue weighted by Crippen LogP contribution is -2.24. The highest BCUT2D eigenvalue weighted by Gasteiger charge is 2.41. The molecule has 0 aromatic carbocycles. The third-order valence-corrected chi connectivity index (χ3v) is 2.55. The number of carbonyl (C=O) groups excluding carboxylic acids is 1. The first-order valence-corrected chi connectivity index (χ1v) is 4.80. The molecule has 1 saturated carbocycles. The summed E-state index contributed by atoms with van der Waals surface area (Å²) >= 11 is 0. The molecule has 7 heteroatoms. The third-order valence-electron chi connectivity index (χ3n) is 2.55. The molecule has 2 atom stereocenters. The first kappa shape index (κ1) is 11.1. The van der Waals surface area contributed by atoms with E-state index >= 15 is 0 Å². The minimum absolute atomic E-state index is 0.165. The zero-order chi connectivity index (χ0) is 11.9. The molecule has 4 nitrogen and oxygen atoms in total. The van der Waals surface area contributed by atoms with Crippen molar-refractivity contribution in [1.82, 2.24) is 10.1 Å². The predicted octanol–water partition coefficient (Wildman–Crippen LogP) is 1.87. The number of hydrogen-bond donors (Lipinski definition) is 0. The highest BCUT2D eigenvalue weighted by atomic mass is 19.4. The molecule has 1 fully saturated rings. The normalized spacial score (nSPS) is 24.5. The molecule has 88 valence electrons. The van der Waals surface area contributed by atoms with Crippen LogP contribution in [0.1, 0.15) is 31.0 Å². The van der Waals surface area contributed by atoms with Gasteiger partial charge in [0.2, 0.25) is 11.7 Å². The van der Waals surface area contributed by atoms with E-state index in [2.05, 4.69) is 14.7 Å². The van der Waals surface area contributed by atoms with Crippen LogP contribution in [0.4, 0.5) is 13.2 Å². The molecule has 0 spiro atoms. The van der Waals surface area contributed by atoms with Crippen molar-refractivity contribution in [2.45, 2.75) is 31.9 Å². The molecule has 0 saturated heterocycles. The Hall–Kier alpha value is -1.40. The van der Waals surface area contributed by atoms with E-state index < -0.39 is 18.4 Å². The highest BCUT2D eigenvalue weighted by molar-refractivity contribution is 5.85. The lowest BCUT2D eigenvalue weighted by Gasteiger charge is -2.00. The summed E-state index contributed by atoms with van der Waals surface area (Å²) in [5.74, 6) is -1.14. The third kappa shape index (κ3) is 2.23. The fourth-order valence-electron chi connectivity index (χ4n) is 1.41. The van der Waals surface area contributed by atoms with Crippen LogP contribution in [0.5, 0.6) is 0 Å². The Kier molecular flexibility index (Phi) is 2.47. The summed E-state index contributed by atoms with van der Waals surface area (Å²) in [5, 5.41) is 3.56. The van der Waals surface area contributed by atoms with Crippen LogP contribution >= 0.6 is 0 Å². The molecule has 1 aromatic rings. The minimum Gasteiger partial charge on any atom is -0.339 e. The zero-order valence-corrected chi connectivity index (χ0v) is 8.41. The Morgan fingerprint density at radius 1 is 1.56 bits per heavy atom. The summed E-state index contributed by atoms with van der Waals surface area (Å²) < 4.78 is 40.4. The van der Waals surface area contributed by atoms with E-state index in [-0.39, 0.29) is 11.8 Å². The smallest absolute Gasteiger partial charge is 0.339 e. The number of hydrogen-bond acceptors (Lipinski definition) is 4. The molecule has 1 heterocycles. The van der Waals surface area contributed by atoms with Crippen LogP contribution in [-0.2, 0) is 11.2 Å². The van der Waals surface area contributed by atoms with Gasteiger partial charge in [-0.1, -0.05) is 12.1 Å². The quantitative estimate of drug-likeness (QED) is 0.801. The maximum Gasteiger partial charge on any atom is 0.450 e. The SMILES string of the molecule is CC1CC1c1noc(CC(=O)C(F)(F)F)n1. The second-order valence-electron chi connectivity index (χ2n) is 3.96. The van der Waals surface area contributed by atoms with Crippen molar-refractivity contribution in [3.63, 3.8) is 0 Å². The van der Waals surface area contributed by atoms with E-state index in [0.29, 0.717) is 11.7 Å². The largest absolute Gasteiger partial charge is 0.450 e. The Morgan fingerprint density at radius 3 is 2.69 bits per heavy atom. The molecule has 2 unspecified atom stereocenters.